The number of nitrogens with zero attached hydrogens (tertiary/aromatic N) is 1. The Hall–Kier alpha value is -2.73. The molecule has 27 heavy (non-hydrogen) atoms. The third-order valence-corrected chi connectivity index (χ3v) is 5.01. The fourth-order valence-corrected chi connectivity index (χ4v) is 3.71. The molecular weight excluding hydrogens is 344 g/mol. The molecule has 2 heterocycles. The lowest BCUT2D eigenvalue weighted by molar-refractivity contribution is 0.0181. The highest BCUT2D eigenvalue weighted by molar-refractivity contribution is 6.07. The Bertz CT molecular complexity index is 963. The van der Waals surface area contributed by atoms with Crippen molar-refractivity contribution in [1.82, 2.24) is 4.90 Å². The number of fused-ring (bicyclic) bond motifs is 3. The number of para-hydroxylation sites is 1. The number of carbonyl (C=O) groups is 1. The molecule has 2 aromatic carbocycles. The second-order valence-corrected chi connectivity index (χ2v) is 6.74. The average Bonchev–Trinajstić information content (AvgIpc) is 3.05. The Labute approximate surface area is 158 Å². The van der Waals surface area contributed by atoms with Crippen LogP contribution in [0.5, 0.6) is 5.75 Å². The molecule has 0 aliphatic carbocycles. The number of carbonyl (C=O) groups excluding carboxylic acids is 1. The topological polar surface area (TPSA) is 63.9 Å². The number of benzene rings is 2. The molecule has 4 rings (SSSR count). The molecule has 142 valence electrons. The maximum absolute atomic E-state index is 12.8. The van der Waals surface area contributed by atoms with Crippen molar-refractivity contribution in [3.63, 3.8) is 0 Å². The van der Waals surface area contributed by atoms with E-state index in [-0.39, 0.29) is 12.1 Å². The molecule has 1 atom stereocenters. The van der Waals surface area contributed by atoms with E-state index in [4.69, 9.17) is 13.9 Å². The molecule has 1 fully saturated rings. The third kappa shape index (κ3) is 3.45. The zero-order chi connectivity index (χ0) is 18.8. The van der Waals surface area contributed by atoms with Gasteiger partial charge in [0.2, 0.25) is 0 Å². The second-order valence-electron chi connectivity index (χ2n) is 6.74. The third-order valence-electron chi connectivity index (χ3n) is 5.01. The lowest BCUT2D eigenvalue weighted by Gasteiger charge is -2.32. The fraction of sp³-hybridized carbons (Fsp3) is 0.381. The standard InChI is InChI=1S/C21H24N2O4/c1-3-26-14-7-6-10-23(13-14)21(24)22-17-12-19-16(11-20(17)25-2)15-8-4-5-9-18(15)27-19/h4-5,8-9,11-12,14H,3,6-7,10,13H2,1-2H3,(H,22,24). The second kappa shape index (κ2) is 7.48. The summed E-state index contributed by atoms with van der Waals surface area (Å²) in [5.74, 6) is 0.612. The first-order valence-corrected chi connectivity index (χ1v) is 9.36. The van der Waals surface area contributed by atoms with Crippen molar-refractivity contribution in [3.05, 3.63) is 36.4 Å². The first-order valence-electron chi connectivity index (χ1n) is 9.36. The minimum atomic E-state index is -0.145. The summed E-state index contributed by atoms with van der Waals surface area (Å²) >= 11 is 0. The first kappa shape index (κ1) is 17.7. The normalized spacial score (nSPS) is 17.4. The van der Waals surface area contributed by atoms with E-state index < -0.39 is 0 Å². The van der Waals surface area contributed by atoms with Crippen molar-refractivity contribution in [2.75, 3.05) is 32.1 Å². The average molecular weight is 368 g/mol. The SMILES string of the molecule is CCOC1CCCN(C(=O)Nc2cc3oc4ccccc4c3cc2OC)C1. The Balaban J connectivity index is 1.61. The predicted octanol–water partition coefficient (Wildman–Crippen LogP) is 4.63. The smallest absolute Gasteiger partial charge is 0.322 e. The Morgan fingerprint density at radius 3 is 2.93 bits per heavy atom. The van der Waals surface area contributed by atoms with Crippen LogP contribution in [0.4, 0.5) is 10.5 Å². The Kier molecular flexibility index (Phi) is 4.90. The van der Waals surface area contributed by atoms with Gasteiger partial charge in [-0.05, 0) is 31.9 Å². The van der Waals surface area contributed by atoms with Crippen LogP contribution in [0.3, 0.4) is 0 Å². The van der Waals surface area contributed by atoms with Crippen molar-refractivity contribution in [1.29, 1.82) is 0 Å². The number of rotatable bonds is 4. The van der Waals surface area contributed by atoms with E-state index in [2.05, 4.69) is 5.32 Å². The molecule has 2 amide bonds. The number of ether oxygens (including phenoxy) is 2. The molecule has 1 saturated heterocycles. The molecule has 0 spiro atoms. The van der Waals surface area contributed by atoms with Crippen molar-refractivity contribution in [3.8, 4) is 5.75 Å². The van der Waals surface area contributed by atoms with E-state index in [9.17, 15) is 4.79 Å². The molecular formula is C21H24N2O4. The maximum atomic E-state index is 12.8. The quantitative estimate of drug-likeness (QED) is 0.729. The van der Waals surface area contributed by atoms with Crippen LogP contribution in [-0.4, -0.2) is 43.8 Å². The molecule has 0 bridgehead atoms. The minimum Gasteiger partial charge on any atom is -0.495 e. The van der Waals surface area contributed by atoms with Crippen molar-refractivity contribution >= 4 is 33.7 Å². The van der Waals surface area contributed by atoms with Crippen LogP contribution in [0.2, 0.25) is 0 Å². The van der Waals surface area contributed by atoms with Crippen molar-refractivity contribution in [2.45, 2.75) is 25.9 Å². The highest BCUT2D eigenvalue weighted by Gasteiger charge is 2.25. The number of hydrogen-bond donors (Lipinski definition) is 1. The number of urea groups is 1. The summed E-state index contributed by atoms with van der Waals surface area (Å²) in [7, 11) is 1.60. The van der Waals surface area contributed by atoms with Gasteiger partial charge in [-0.2, -0.15) is 0 Å². The van der Waals surface area contributed by atoms with Gasteiger partial charge >= 0.3 is 6.03 Å². The number of likely N-dealkylation sites (tertiary alicyclic amines) is 1. The van der Waals surface area contributed by atoms with E-state index >= 15 is 0 Å². The minimum absolute atomic E-state index is 0.106. The van der Waals surface area contributed by atoms with Crippen LogP contribution in [0.15, 0.2) is 40.8 Å². The van der Waals surface area contributed by atoms with Gasteiger partial charge in [-0.15, -0.1) is 0 Å². The van der Waals surface area contributed by atoms with Crippen LogP contribution in [0, 0.1) is 0 Å². The molecule has 1 aliphatic rings. The van der Waals surface area contributed by atoms with Gasteiger partial charge in [-0.3, -0.25) is 0 Å². The zero-order valence-corrected chi connectivity index (χ0v) is 15.7. The van der Waals surface area contributed by atoms with Gasteiger partial charge in [0.25, 0.3) is 0 Å². The first-order chi connectivity index (χ1) is 13.2. The largest absolute Gasteiger partial charge is 0.495 e. The molecule has 1 N–H and O–H groups in total. The Morgan fingerprint density at radius 2 is 2.11 bits per heavy atom. The molecule has 0 radical (unpaired) electrons. The summed E-state index contributed by atoms with van der Waals surface area (Å²) in [6.45, 7) is 3.97. The monoisotopic (exact) mass is 368 g/mol. The van der Waals surface area contributed by atoms with Crippen LogP contribution < -0.4 is 10.1 Å². The maximum Gasteiger partial charge on any atom is 0.322 e. The summed E-state index contributed by atoms with van der Waals surface area (Å²) < 4.78 is 17.1. The summed E-state index contributed by atoms with van der Waals surface area (Å²) in [6.07, 6.45) is 2.04. The highest BCUT2D eigenvalue weighted by Crippen LogP contribution is 2.36. The van der Waals surface area contributed by atoms with E-state index in [1.807, 2.05) is 43.3 Å². The molecule has 1 aromatic heterocycles. The van der Waals surface area contributed by atoms with Gasteiger partial charge < -0.3 is 24.1 Å². The lowest BCUT2D eigenvalue weighted by atomic mass is 10.1. The number of piperidine rings is 1. The number of amides is 2. The van der Waals surface area contributed by atoms with E-state index in [1.165, 1.54) is 0 Å². The zero-order valence-electron chi connectivity index (χ0n) is 15.7. The molecule has 3 aromatic rings. The van der Waals surface area contributed by atoms with Gasteiger partial charge in [0.1, 0.15) is 16.9 Å². The Morgan fingerprint density at radius 1 is 1.26 bits per heavy atom. The lowest BCUT2D eigenvalue weighted by Crippen LogP contribution is -2.45. The molecule has 0 saturated carbocycles. The van der Waals surface area contributed by atoms with E-state index in [1.54, 1.807) is 12.0 Å². The summed E-state index contributed by atoms with van der Waals surface area (Å²) in [4.78, 5) is 14.6. The number of hydrogen-bond acceptors (Lipinski definition) is 4. The highest BCUT2D eigenvalue weighted by atomic mass is 16.5. The summed E-state index contributed by atoms with van der Waals surface area (Å²) in [5, 5.41) is 4.97. The molecule has 6 heteroatoms. The number of methoxy groups -OCH3 is 1. The fourth-order valence-electron chi connectivity index (χ4n) is 3.71. The number of nitrogens with one attached hydrogen (secondary N) is 1. The van der Waals surface area contributed by atoms with Crippen LogP contribution in [0.1, 0.15) is 19.8 Å². The van der Waals surface area contributed by atoms with Gasteiger partial charge in [0, 0.05) is 36.5 Å². The van der Waals surface area contributed by atoms with Gasteiger partial charge in [0.05, 0.1) is 18.9 Å². The van der Waals surface area contributed by atoms with Gasteiger partial charge in [-0.1, -0.05) is 18.2 Å². The van der Waals surface area contributed by atoms with Crippen LogP contribution in [-0.2, 0) is 4.74 Å². The van der Waals surface area contributed by atoms with Crippen LogP contribution >= 0.6 is 0 Å². The summed E-state index contributed by atoms with van der Waals surface area (Å²) in [6, 6.07) is 11.5. The van der Waals surface area contributed by atoms with E-state index in [0.717, 1.165) is 41.3 Å². The predicted molar refractivity (Wildman–Crippen MR) is 106 cm³/mol. The van der Waals surface area contributed by atoms with E-state index in [0.29, 0.717) is 24.6 Å². The number of furan rings is 1. The number of anilines is 1. The van der Waals surface area contributed by atoms with Crippen LogP contribution in [0.25, 0.3) is 21.9 Å². The molecule has 1 unspecified atom stereocenters. The van der Waals surface area contributed by atoms with Crippen molar-refractivity contribution in [2.24, 2.45) is 0 Å². The van der Waals surface area contributed by atoms with Gasteiger partial charge in [0.15, 0.2) is 0 Å². The molecule has 1 aliphatic heterocycles. The van der Waals surface area contributed by atoms with Gasteiger partial charge in [-0.25, -0.2) is 4.79 Å². The summed E-state index contributed by atoms with van der Waals surface area (Å²) in [5.41, 5.74) is 2.14. The van der Waals surface area contributed by atoms with Crippen molar-refractivity contribution < 1.29 is 18.7 Å². The molecule has 6 nitrogen and oxygen atoms in total.